The molecular formula is C28H39N3O2. The van der Waals surface area contributed by atoms with Crippen molar-refractivity contribution in [3.05, 3.63) is 77.5 Å². The van der Waals surface area contributed by atoms with Crippen molar-refractivity contribution in [1.82, 2.24) is 5.32 Å². The molecule has 5 nitrogen and oxygen atoms in total. The Hall–Kier alpha value is -3.21. The van der Waals surface area contributed by atoms with Crippen LogP contribution in [0.5, 0.6) is 11.5 Å². The molecule has 1 aliphatic heterocycles. The third-order valence-corrected chi connectivity index (χ3v) is 5.33. The summed E-state index contributed by atoms with van der Waals surface area (Å²) in [6, 6.07) is 14.0. The lowest BCUT2D eigenvalue weighted by Crippen LogP contribution is -2.35. The number of nitrogens with one attached hydrogen (secondary N) is 1. The smallest absolute Gasteiger partial charge is 0.152 e. The van der Waals surface area contributed by atoms with Crippen LogP contribution in [0.1, 0.15) is 64.3 Å². The van der Waals surface area contributed by atoms with Crippen LogP contribution >= 0.6 is 0 Å². The lowest BCUT2D eigenvalue weighted by Gasteiger charge is -2.35. The number of hydrogen-bond acceptors (Lipinski definition) is 5. The maximum Gasteiger partial charge on any atom is 0.152 e. The molecule has 1 heterocycles. The van der Waals surface area contributed by atoms with Gasteiger partial charge in [-0.1, -0.05) is 57.4 Å². The van der Waals surface area contributed by atoms with Crippen LogP contribution in [0.3, 0.4) is 0 Å². The fourth-order valence-corrected chi connectivity index (χ4v) is 3.69. The van der Waals surface area contributed by atoms with Crippen molar-refractivity contribution in [1.29, 1.82) is 0 Å². The Morgan fingerprint density at radius 1 is 1.09 bits per heavy atom. The summed E-state index contributed by atoms with van der Waals surface area (Å²) in [4.78, 5) is 7.15. The summed E-state index contributed by atoms with van der Waals surface area (Å²) >= 11 is 0. The van der Waals surface area contributed by atoms with Crippen LogP contribution in [0, 0.1) is 0 Å². The molecule has 33 heavy (non-hydrogen) atoms. The van der Waals surface area contributed by atoms with Crippen molar-refractivity contribution in [2.75, 3.05) is 26.2 Å². The number of amidine groups is 1. The summed E-state index contributed by atoms with van der Waals surface area (Å²) in [6.07, 6.45) is 5.84. The van der Waals surface area contributed by atoms with Crippen LogP contribution in [-0.2, 0) is 0 Å². The van der Waals surface area contributed by atoms with Crippen LogP contribution in [0.25, 0.3) is 0 Å². The van der Waals surface area contributed by atoms with E-state index in [2.05, 4.69) is 42.8 Å². The number of hydrogen-bond donors (Lipinski definition) is 1. The number of methoxy groups -OCH3 is 2. The highest BCUT2D eigenvalue weighted by atomic mass is 16.5. The normalized spacial score (nSPS) is 14.2. The first-order chi connectivity index (χ1) is 15.9. The number of nitrogens with zero attached hydrogens (tertiary/aromatic N) is 2. The highest BCUT2D eigenvalue weighted by molar-refractivity contribution is 6.06. The van der Waals surface area contributed by atoms with Crippen LogP contribution in [-0.4, -0.2) is 27.1 Å². The van der Waals surface area contributed by atoms with Crippen molar-refractivity contribution >= 4 is 11.5 Å². The van der Waals surface area contributed by atoms with Gasteiger partial charge in [0.05, 0.1) is 14.2 Å². The van der Waals surface area contributed by atoms with Crippen molar-refractivity contribution in [2.45, 2.75) is 53.1 Å². The molecular weight excluding hydrogens is 410 g/mol. The van der Waals surface area contributed by atoms with Crippen molar-refractivity contribution < 1.29 is 9.47 Å². The van der Waals surface area contributed by atoms with Crippen molar-refractivity contribution in [2.24, 2.45) is 4.99 Å². The largest absolute Gasteiger partial charge is 0.497 e. The fraction of sp³-hybridized carbons (Fsp3) is 0.393. The minimum absolute atomic E-state index is 0.238. The molecule has 0 radical (unpaired) electrons. The van der Waals surface area contributed by atoms with E-state index in [4.69, 9.17) is 14.5 Å². The van der Waals surface area contributed by atoms with Gasteiger partial charge in [0.25, 0.3) is 0 Å². The molecule has 0 saturated heterocycles. The first-order valence-electron chi connectivity index (χ1n) is 11.6. The maximum atomic E-state index is 5.62. The molecule has 0 saturated carbocycles. The molecule has 5 heteroatoms. The zero-order chi connectivity index (χ0) is 24.4. The van der Waals surface area contributed by atoms with Crippen molar-refractivity contribution in [3.63, 3.8) is 0 Å². The highest BCUT2D eigenvalue weighted by Gasteiger charge is 2.28. The summed E-state index contributed by atoms with van der Waals surface area (Å²) in [7, 11) is 5.35. The first kappa shape index (κ1) is 26.0. The van der Waals surface area contributed by atoms with Crippen LogP contribution < -0.4 is 19.7 Å². The third-order valence-electron chi connectivity index (χ3n) is 5.33. The lowest BCUT2D eigenvalue weighted by atomic mass is 10.0. The number of allylic oxidation sites excluding steroid dienone is 2. The number of anilines is 1. The summed E-state index contributed by atoms with van der Waals surface area (Å²) in [5.41, 5.74) is 5.07. The standard InChI is InChI=1S/C23H27N3O2.C5H12/c1-15(2)13-16(3)24-22-18-9-7-8-10-20(18)26(4)23(25-22)19-12-11-17(27-5)14-21(19)28-6;1-3-5-4-2/h7-14,23H,3H2,1-2,4-6H3,(H,24,25);3-5H2,1-2H3. The van der Waals surface area contributed by atoms with Gasteiger partial charge in [-0.25, -0.2) is 4.99 Å². The number of benzene rings is 2. The second kappa shape index (κ2) is 12.7. The molecule has 0 aromatic heterocycles. The molecule has 2 aromatic rings. The number of aliphatic imine (C=N–C) groups is 1. The van der Waals surface area contributed by atoms with Gasteiger partial charge in [-0.05, 0) is 44.2 Å². The van der Waals surface area contributed by atoms with Gasteiger partial charge in [0.1, 0.15) is 17.3 Å². The van der Waals surface area contributed by atoms with E-state index in [1.54, 1.807) is 14.2 Å². The molecule has 1 aliphatic rings. The zero-order valence-electron chi connectivity index (χ0n) is 21.2. The first-order valence-corrected chi connectivity index (χ1v) is 11.6. The van der Waals surface area contributed by atoms with Gasteiger partial charge in [0.15, 0.2) is 6.17 Å². The van der Waals surface area contributed by atoms with Gasteiger partial charge < -0.3 is 19.7 Å². The molecule has 3 rings (SSSR count). The molecule has 1 unspecified atom stereocenters. The molecule has 0 bridgehead atoms. The Bertz CT molecular complexity index is 988. The van der Waals surface area contributed by atoms with E-state index in [1.807, 2.05) is 57.3 Å². The number of ether oxygens (including phenoxy) is 2. The number of rotatable bonds is 7. The predicted molar refractivity (Wildman–Crippen MR) is 141 cm³/mol. The Labute approximate surface area is 199 Å². The summed E-state index contributed by atoms with van der Waals surface area (Å²) in [5, 5.41) is 3.37. The average Bonchev–Trinajstić information content (AvgIpc) is 2.81. The van der Waals surface area contributed by atoms with Gasteiger partial charge in [-0.15, -0.1) is 0 Å². The minimum atomic E-state index is -0.238. The lowest BCUT2D eigenvalue weighted by molar-refractivity contribution is 0.388. The van der Waals surface area contributed by atoms with E-state index in [1.165, 1.54) is 24.8 Å². The Morgan fingerprint density at radius 2 is 1.79 bits per heavy atom. The molecule has 0 fully saturated rings. The Morgan fingerprint density at radius 3 is 2.36 bits per heavy atom. The molecule has 0 amide bonds. The van der Waals surface area contributed by atoms with Gasteiger partial charge in [0, 0.05) is 35.6 Å². The number of fused-ring (bicyclic) bond motifs is 1. The summed E-state index contributed by atoms with van der Waals surface area (Å²) < 4.78 is 11.0. The fourth-order valence-electron chi connectivity index (χ4n) is 3.69. The van der Waals surface area contributed by atoms with E-state index < -0.39 is 0 Å². The zero-order valence-corrected chi connectivity index (χ0v) is 21.2. The quantitative estimate of drug-likeness (QED) is 0.469. The molecule has 0 spiro atoms. The average molecular weight is 450 g/mol. The molecule has 2 aromatic carbocycles. The number of para-hydroxylation sites is 1. The van der Waals surface area contributed by atoms with Crippen LogP contribution in [0.15, 0.2) is 71.4 Å². The number of unbranched alkanes of at least 4 members (excludes halogenated alkanes) is 2. The predicted octanol–water partition coefficient (Wildman–Crippen LogP) is 6.87. The molecule has 178 valence electrons. The van der Waals surface area contributed by atoms with E-state index in [9.17, 15) is 0 Å². The van der Waals surface area contributed by atoms with Crippen LogP contribution in [0.2, 0.25) is 0 Å². The van der Waals surface area contributed by atoms with Gasteiger partial charge in [-0.3, -0.25) is 0 Å². The summed E-state index contributed by atoms with van der Waals surface area (Å²) in [6.45, 7) is 12.6. The Kier molecular flexibility index (Phi) is 10.0. The Balaban J connectivity index is 0.000000696. The van der Waals surface area contributed by atoms with E-state index in [0.29, 0.717) is 0 Å². The van der Waals surface area contributed by atoms with Gasteiger partial charge in [-0.2, -0.15) is 0 Å². The summed E-state index contributed by atoms with van der Waals surface area (Å²) in [5.74, 6) is 2.28. The molecule has 0 aliphatic carbocycles. The second-order valence-electron chi connectivity index (χ2n) is 8.31. The molecule has 1 atom stereocenters. The van der Waals surface area contributed by atoms with E-state index in [-0.39, 0.29) is 6.17 Å². The van der Waals surface area contributed by atoms with Crippen molar-refractivity contribution in [3.8, 4) is 11.5 Å². The second-order valence-corrected chi connectivity index (χ2v) is 8.31. The highest BCUT2D eigenvalue weighted by Crippen LogP contribution is 2.39. The van der Waals surface area contributed by atoms with Gasteiger partial charge in [0.2, 0.25) is 0 Å². The maximum absolute atomic E-state index is 5.62. The minimum Gasteiger partial charge on any atom is -0.497 e. The SMILES string of the molecule is C=C(C=C(C)C)NC1=NC(c2ccc(OC)cc2OC)N(C)c2ccccc21.CCCCC. The van der Waals surface area contributed by atoms with E-state index in [0.717, 1.165) is 39.8 Å². The third kappa shape index (κ3) is 6.88. The monoisotopic (exact) mass is 449 g/mol. The van der Waals surface area contributed by atoms with Gasteiger partial charge >= 0.3 is 0 Å². The van der Waals surface area contributed by atoms with Crippen LogP contribution in [0.4, 0.5) is 5.69 Å². The topological polar surface area (TPSA) is 46.1 Å². The molecule has 1 N–H and O–H groups in total. The van der Waals surface area contributed by atoms with E-state index >= 15 is 0 Å².